The zero-order chi connectivity index (χ0) is 17.5. The summed E-state index contributed by atoms with van der Waals surface area (Å²) in [6, 6.07) is 13.1. The first kappa shape index (κ1) is 18.8. The first-order valence-corrected chi connectivity index (χ1v) is 8.61. The number of rotatable bonds is 7. The van der Waals surface area contributed by atoms with Crippen molar-refractivity contribution >= 4 is 29.1 Å². The van der Waals surface area contributed by atoms with Crippen molar-refractivity contribution in [2.75, 3.05) is 0 Å². The number of halogens is 2. The maximum absolute atomic E-state index is 12.2. The second-order valence-corrected chi connectivity index (χ2v) is 6.60. The van der Waals surface area contributed by atoms with Gasteiger partial charge < -0.3 is 10.1 Å². The highest BCUT2D eigenvalue weighted by Gasteiger charge is 2.11. The average molecular weight is 366 g/mol. The summed E-state index contributed by atoms with van der Waals surface area (Å²) < 4.78 is 5.65. The Hall–Kier alpha value is -1.55. The molecule has 1 amide bonds. The van der Waals surface area contributed by atoms with Crippen molar-refractivity contribution in [2.24, 2.45) is 0 Å². The molecule has 2 rings (SSSR count). The van der Waals surface area contributed by atoms with Gasteiger partial charge in [-0.05, 0) is 42.7 Å². The lowest BCUT2D eigenvalue weighted by Crippen LogP contribution is -2.25. The number of carbonyl (C=O) groups is 1. The SMILES string of the molecule is CC(C)OCc1ccccc1CNC(=O)Cc1c(Cl)cccc1Cl. The smallest absolute Gasteiger partial charge is 0.224 e. The Labute approximate surface area is 152 Å². The predicted molar refractivity (Wildman–Crippen MR) is 98.4 cm³/mol. The largest absolute Gasteiger partial charge is 0.374 e. The van der Waals surface area contributed by atoms with Gasteiger partial charge in [-0.1, -0.05) is 53.5 Å². The van der Waals surface area contributed by atoms with Crippen LogP contribution in [0.25, 0.3) is 0 Å². The van der Waals surface area contributed by atoms with Crippen LogP contribution >= 0.6 is 23.2 Å². The van der Waals surface area contributed by atoms with Crippen LogP contribution in [0.15, 0.2) is 42.5 Å². The quantitative estimate of drug-likeness (QED) is 0.766. The molecule has 0 radical (unpaired) electrons. The maximum atomic E-state index is 12.2. The van der Waals surface area contributed by atoms with Crippen molar-refractivity contribution in [2.45, 2.75) is 39.5 Å². The van der Waals surface area contributed by atoms with Crippen LogP contribution in [-0.2, 0) is 29.1 Å². The molecule has 0 unspecified atom stereocenters. The summed E-state index contributed by atoms with van der Waals surface area (Å²) in [5.74, 6) is -0.121. The van der Waals surface area contributed by atoms with Gasteiger partial charge in [0.1, 0.15) is 0 Å². The van der Waals surface area contributed by atoms with Crippen molar-refractivity contribution in [3.63, 3.8) is 0 Å². The van der Waals surface area contributed by atoms with E-state index < -0.39 is 0 Å². The van der Waals surface area contributed by atoms with Gasteiger partial charge in [-0.15, -0.1) is 0 Å². The Morgan fingerprint density at radius 2 is 1.67 bits per heavy atom. The molecule has 0 fully saturated rings. The molecule has 0 aromatic heterocycles. The molecule has 0 saturated heterocycles. The van der Waals surface area contributed by atoms with Gasteiger partial charge in [0.2, 0.25) is 5.91 Å². The number of carbonyl (C=O) groups excluding carboxylic acids is 1. The molecule has 0 heterocycles. The fraction of sp³-hybridized carbons (Fsp3) is 0.316. The van der Waals surface area contributed by atoms with Gasteiger partial charge in [-0.3, -0.25) is 4.79 Å². The highest BCUT2D eigenvalue weighted by atomic mass is 35.5. The third kappa shape index (κ3) is 5.52. The van der Waals surface area contributed by atoms with E-state index in [2.05, 4.69) is 5.32 Å². The van der Waals surface area contributed by atoms with Crippen molar-refractivity contribution in [1.82, 2.24) is 5.32 Å². The maximum Gasteiger partial charge on any atom is 0.224 e. The standard InChI is InChI=1S/C19H21Cl2NO2/c1-13(2)24-12-15-7-4-3-6-14(15)11-22-19(23)10-16-17(20)8-5-9-18(16)21/h3-9,13H,10-12H2,1-2H3,(H,22,23). The minimum atomic E-state index is -0.121. The first-order valence-electron chi connectivity index (χ1n) is 7.85. The Bertz CT molecular complexity index is 681. The zero-order valence-electron chi connectivity index (χ0n) is 13.8. The van der Waals surface area contributed by atoms with Gasteiger partial charge in [0, 0.05) is 16.6 Å². The number of hydrogen-bond donors (Lipinski definition) is 1. The molecule has 1 N–H and O–H groups in total. The van der Waals surface area contributed by atoms with Crippen LogP contribution in [0, 0.1) is 0 Å². The lowest BCUT2D eigenvalue weighted by Gasteiger charge is -2.13. The second-order valence-electron chi connectivity index (χ2n) is 5.78. The zero-order valence-corrected chi connectivity index (χ0v) is 15.3. The van der Waals surface area contributed by atoms with Crippen LogP contribution < -0.4 is 5.32 Å². The minimum absolute atomic E-state index is 0.121. The molecule has 2 aromatic carbocycles. The van der Waals surface area contributed by atoms with Crippen LogP contribution in [0.4, 0.5) is 0 Å². The minimum Gasteiger partial charge on any atom is -0.374 e. The molecular formula is C19H21Cl2NO2. The molecule has 24 heavy (non-hydrogen) atoms. The summed E-state index contributed by atoms with van der Waals surface area (Å²) in [6.07, 6.45) is 0.318. The van der Waals surface area contributed by atoms with Crippen molar-refractivity contribution in [3.05, 3.63) is 69.2 Å². The van der Waals surface area contributed by atoms with Crippen LogP contribution in [-0.4, -0.2) is 12.0 Å². The van der Waals surface area contributed by atoms with Gasteiger partial charge in [0.05, 0.1) is 19.1 Å². The second kappa shape index (κ2) is 9.07. The Morgan fingerprint density at radius 3 is 2.29 bits per heavy atom. The van der Waals surface area contributed by atoms with E-state index in [1.807, 2.05) is 38.1 Å². The van der Waals surface area contributed by atoms with Gasteiger partial charge in [-0.2, -0.15) is 0 Å². The van der Waals surface area contributed by atoms with Crippen molar-refractivity contribution < 1.29 is 9.53 Å². The third-order valence-electron chi connectivity index (χ3n) is 3.57. The van der Waals surface area contributed by atoms with Gasteiger partial charge >= 0.3 is 0 Å². The fourth-order valence-electron chi connectivity index (χ4n) is 2.25. The van der Waals surface area contributed by atoms with Crippen LogP contribution in [0.3, 0.4) is 0 Å². The van der Waals surface area contributed by atoms with E-state index in [4.69, 9.17) is 27.9 Å². The molecule has 2 aromatic rings. The summed E-state index contributed by atoms with van der Waals surface area (Å²) in [5.41, 5.74) is 2.76. The summed E-state index contributed by atoms with van der Waals surface area (Å²) in [4.78, 5) is 12.2. The average Bonchev–Trinajstić information content (AvgIpc) is 2.55. The summed E-state index contributed by atoms with van der Waals surface area (Å²) >= 11 is 12.2. The van der Waals surface area contributed by atoms with Crippen LogP contribution in [0.2, 0.25) is 10.0 Å². The molecule has 0 bridgehead atoms. The first-order chi connectivity index (χ1) is 11.5. The number of amides is 1. The van der Waals surface area contributed by atoms with E-state index in [1.54, 1.807) is 18.2 Å². The summed E-state index contributed by atoms with van der Waals surface area (Å²) in [5, 5.41) is 3.92. The Balaban J connectivity index is 1.97. The Morgan fingerprint density at radius 1 is 1.04 bits per heavy atom. The predicted octanol–water partition coefficient (Wildman–Crippen LogP) is 4.78. The van der Waals surface area contributed by atoms with Crippen molar-refractivity contribution in [3.8, 4) is 0 Å². The van der Waals surface area contributed by atoms with Gasteiger partial charge in [0.15, 0.2) is 0 Å². The van der Waals surface area contributed by atoms with Crippen LogP contribution in [0.5, 0.6) is 0 Å². The fourth-order valence-corrected chi connectivity index (χ4v) is 2.78. The molecule has 0 aliphatic heterocycles. The monoisotopic (exact) mass is 365 g/mol. The number of hydrogen-bond acceptors (Lipinski definition) is 2. The summed E-state index contributed by atoms with van der Waals surface area (Å²) in [6.45, 7) is 4.97. The van der Waals surface area contributed by atoms with E-state index in [9.17, 15) is 4.79 Å². The molecule has 0 aliphatic carbocycles. The molecule has 3 nitrogen and oxygen atoms in total. The molecule has 0 spiro atoms. The lowest BCUT2D eigenvalue weighted by molar-refractivity contribution is -0.120. The molecule has 0 aliphatic rings. The van der Waals surface area contributed by atoms with E-state index in [0.717, 1.165) is 11.1 Å². The number of benzene rings is 2. The molecule has 0 saturated carbocycles. The van der Waals surface area contributed by atoms with E-state index in [-0.39, 0.29) is 18.4 Å². The van der Waals surface area contributed by atoms with Gasteiger partial charge in [-0.25, -0.2) is 0 Å². The third-order valence-corrected chi connectivity index (χ3v) is 4.27. The normalized spacial score (nSPS) is 10.9. The van der Waals surface area contributed by atoms with Gasteiger partial charge in [0.25, 0.3) is 0 Å². The van der Waals surface area contributed by atoms with E-state index >= 15 is 0 Å². The molecular weight excluding hydrogens is 345 g/mol. The molecule has 0 atom stereocenters. The molecule has 5 heteroatoms. The summed E-state index contributed by atoms with van der Waals surface area (Å²) in [7, 11) is 0. The number of nitrogens with one attached hydrogen (secondary N) is 1. The highest BCUT2D eigenvalue weighted by molar-refractivity contribution is 6.36. The van der Waals surface area contributed by atoms with E-state index in [1.165, 1.54) is 0 Å². The topological polar surface area (TPSA) is 38.3 Å². The highest BCUT2D eigenvalue weighted by Crippen LogP contribution is 2.24. The molecule has 128 valence electrons. The van der Waals surface area contributed by atoms with E-state index in [0.29, 0.717) is 28.8 Å². The lowest BCUT2D eigenvalue weighted by atomic mass is 10.1. The van der Waals surface area contributed by atoms with Crippen LogP contribution in [0.1, 0.15) is 30.5 Å². The number of ether oxygens (including phenoxy) is 1. The Kier molecular flexibility index (Phi) is 7.10. The van der Waals surface area contributed by atoms with Crippen molar-refractivity contribution in [1.29, 1.82) is 0 Å².